The van der Waals surface area contributed by atoms with Crippen LogP contribution in [0.3, 0.4) is 0 Å². The van der Waals surface area contributed by atoms with Crippen molar-refractivity contribution >= 4 is 23.6 Å². The quantitative estimate of drug-likeness (QED) is 0.840. The van der Waals surface area contributed by atoms with Gasteiger partial charge in [0.1, 0.15) is 5.54 Å². The van der Waals surface area contributed by atoms with Crippen molar-refractivity contribution in [1.29, 1.82) is 0 Å². The molecule has 1 fully saturated rings. The summed E-state index contributed by atoms with van der Waals surface area (Å²) in [7, 11) is 3.25. The smallest absolute Gasteiger partial charge is 0.332 e. The number of carbonyl (C=O) groups is 2. The predicted octanol–water partition coefficient (Wildman–Crippen LogP) is 1.00. The lowest BCUT2D eigenvalue weighted by Gasteiger charge is -2.30. The molecule has 0 spiro atoms. The molecule has 2 aliphatic rings. The van der Waals surface area contributed by atoms with E-state index in [4.69, 9.17) is 4.74 Å². The number of carbonyl (C=O) groups excluding carboxylic acids is 2. The van der Waals surface area contributed by atoms with Crippen LogP contribution in [0.1, 0.15) is 36.4 Å². The Morgan fingerprint density at radius 1 is 1.55 bits per heavy atom. The molecule has 1 N–H and O–H groups in total. The number of esters is 1. The highest BCUT2D eigenvalue weighted by Gasteiger charge is 2.45. The average molecular weight is 323 g/mol. The van der Waals surface area contributed by atoms with E-state index in [1.807, 2.05) is 13.2 Å². The first-order valence-corrected chi connectivity index (χ1v) is 8.72. The molecule has 1 saturated heterocycles. The van der Waals surface area contributed by atoms with Gasteiger partial charge in [0.2, 0.25) is 5.91 Å². The van der Waals surface area contributed by atoms with E-state index in [2.05, 4.69) is 10.4 Å². The van der Waals surface area contributed by atoms with Gasteiger partial charge in [0.25, 0.3) is 0 Å². The highest BCUT2D eigenvalue weighted by Crippen LogP contribution is 2.34. The molecule has 1 aromatic heterocycles. The minimum absolute atomic E-state index is 0.0816. The van der Waals surface area contributed by atoms with Gasteiger partial charge in [0.05, 0.1) is 18.7 Å². The van der Waals surface area contributed by atoms with Gasteiger partial charge in [0, 0.05) is 24.6 Å². The van der Waals surface area contributed by atoms with Crippen molar-refractivity contribution < 1.29 is 14.3 Å². The summed E-state index contributed by atoms with van der Waals surface area (Å²) in [4.78, 5) is 24.9. The van der Waals surface area contributed by atoms with Crippen molar-refractivity contribution in [3.8, 4) is 0 Å². The number of rotatable bonds is 3. The molecule has 1 aliphatic carbocycles. The molecule has 0 radical (unpaired) electrons. The molecule has 6 nitrogen and oxygen atoms in total. The number of aryl methyl sites for hydroxylation is 2. The predicted molar refractivity (Wildman–Crippen MR) is 83.7 cm³/mol. The van der Waals surface area contributed by atoms with Crippen molar-refractivity contribution in [3.05, 3.63) is 17.5 Å². The highest BCUT2D eigenvalue weighted by atomic mass is 32.2. The molecule has 3 rings (SSSR count). The first-order valence-electron chi connectivity index (χ1n) is 7.56. The monoisotopic (exact) mass is 323 g/mol. The maximum absolute atomic E-state index is 12.8. The molecule has 0 unspecified atom stereocenters. The molecule has 22 heavy (non-hydrogen) atoms. The maximum atomic E-state index is 12.8. The van der Waals surface area contributed by atoms with Gasteiger partial charge in [-0.15, -0.1) is 0 Å². The topological polar surface area (TPSA) is 73.2 Å². The summed E-state index contributed by atoms with van der Waals surface area (Å²) in [6.45, 7) is 0. The van der Waals surface area contributed by atoms with Gasteiger partial charge in [-0.3, -0.25) is 9.48 Å². The molecule has 1 amide bonds. The third kappa shape index (κ3) is 2.62. The van der Waals surface area contributed by atoms with Crippen molar-refractivity contribution in [1.82, 2.24) is 15.1 Å². The highest BCUT2D eigenvalue weighted by molar-refractivity contribution is 7.99. The van der Waals surface area contributed by atoms with Crippen LogP contribution in [-0.4, -0.2) is 45.8 Å². The summed E-state index contributed by atoms with van der Waals surface area (Å²) >= 11 is 1.67. The lowest BCUT2D eigenvalue weighted by Crippen LogP contribution is -2.56. The van der Waals surface area contributed by atoms with Crippen molar-refractivity contribution in [2.45, 2.75) is 37.1 Å². The number of methoxy groups -OCH3 is 1. The zero-order chi connectivity index (χ0) is 15.7. The molecule has 1 aliphatic heterocycles. The molecule has 120 valence electrons. The summed E-state index contributed by atoms with van der Waals surface area (Å²) in [5.74, 6) is 0.801. The van der Waals surface area contributed by atoms with Crippen LogP contribution in [0.4, 0.5) is 0 Å². The molecule has 0 saturated carbocycles. The Morgan fingerprint density at radius 3 is 3.05 bits per heavy atom. The Morgan fingerprint density at radius 2 is 2.36 bits per heavy atom. The van der Waals surface area contributed by atoms with Gasteiger partial charge in [-0.1, -0.05) is 0 Å². The van der Waals surface area contributed by atoms with E-state index < -0.39 is 5.54 Å². The van der Waals surface area contributed by atoms with Gasteiger partial charge < -0.3 is 10.1 Å². The van der Waals surface area contributed by atoms with Crippen LogP contribution in [-0.2, 0) is 27.8 Å². The van der Waals surface area contributed by atoms with Crippen LogP contribution in [0.25, 0.3) is 0 Å². The molecule has 7 heteroatoms. The Hall–Kier alpha value is -1.50. The summed E-state index contributed by atoms with van der Waals surface area (Å²) < 4.78 is 6.68. The molecule has 1 aromatic rings. The maximum Gasteiger partial charge on any atom is 0.332 e. The fraction of sp³-hybridized carbons (Fsp3) is 0.667. The van der Waals surface area contributed by atoms with E-state index in [0.29, 0.717) is 12.2 Å². The molecule has 0 aromatic carbocycles. The summed E-state index contributed by atoms with van der Waals surface area (Å²) in [5, 5.41) is 7.42. The fourth-order valence-corrected chi connectivity index (χ4v) is 4.65. The third-order valence-electron chi connectivity index (χ3n) is 4.50. The van der Waals surface area contributed by atoms with Crippen molar-refractivity contribution in [2.75, 3.05) is 18.6 Å². The second kappa shape index (κ2) is 5.95. The van der Waals surface area contributed by atoms with E-state index in [1.54, 1.807) is 16.4 Å². The number of amides is 1. The summed E-state index contributed by atoms with van der Waals surface area (Å²) in [6, 6.07) is 0. The van der Waals surface area contributed by atoms with Crippen LogP contribution < -0.4 is 5.32 Å². The van der Waals surface area contributed by atoms with Crippen LogP contribution in [0.15, 0.2) is 6.20 Å². The Bertz CT molecular complexity index is 593. The van der Waals surface area contributed by atoms with E-state index in [9.17, 15) is 9.59 Å². The number of hydrogen-bond acceptors (Lipinski definition) is 5. The van der Waals surface area contributed by atoms with Crippen molar-refractivity contribution in [3.63, 3.8) is 0 Å². The van der Waals surface area contributed by atoms with E-state index in [0.717, 1.165) is 36.3 Å². The van der Waals surface area contributed by atoms with Crippen LogP contribution >= 0.6 is 11.8 Å². The van der Waals surface area contributed by atoms with Gasteiger partial charge in [-0.25, -0.2) is 4.79 Å². The molecule has 2 atom stereocenters. The largest absolute Gasteiger partial charge is 0.467 e. The van der Waals surface area contributed by atoms with Crippen molar-refractivity contribution in [2.24, 2.45) is 7.05 Å². The van der Waals surface area contributed by atoms with Gasteiger partial charge >= 0.3 is 5.97 Å². The van der Waals surface area contributed by atoms with Crippen LogP contribution in [0, 0.1) is 0 Å². The number of fused-ring (bicyclic) bond motifs is 1. The minimum Gasteiger partial charge on any atom is -0.467 e. The van der Waals surface area contributed by atoms with Gasteiger partial charge in [-0.05, 0) is 31.4 Å². The number of thioether (sulfide) groups is 1. The standard InChI is InChI=1S/C15H21N3O3S/c1-18-8-11-10(4-3-5-12(11)17-18)13(19)16-15(14(20)21-2)6-7-22-9-15/h8,10H,3-7,9H2,1-2H3,(H,16,19)/t10-,15-/m1/s1. The zero-order valence-corrected chi connectivity index (χ0v) is 13.7. The molecular formula is C15H21N3O3S. The van der Waals surface area contributed by atoms with Crippen LogP contribution in [0.2, 0.25) is 0 Å². The van der Waals surface area contributed by atoms with Gasteiger partial charge in [-0.2, -0.15) is 16.9 Å². The Kier molecular flexibility index (Phi) is 4.16. The number of ether oxygens (including phenoxy) is 1. The van der Waals surface area contributed by atoms with Crippen LogP contribution in [0.5, 0.6) is 0 Å². The fourth-order valence-electron chi connectivity index (χ4n) is 3.33. The molecule has 2 heterocycles. The van der Waals surface area contributed by atoms with Gasteiger partial charge in [0.15, 0.2) is 0 Å². The Balaban J connectivity index is 1.81. The molecule has 0 bridgehead atoms. The lowest BCUT2D eigenvalue weighted by atomic mass is 9.85. The third-order valence-corrected chi connectivity index (χ3v) is 5.69. The zero-order valence-electron chi connectivity index (χ0n) is 12.9. The number of nitrogens with one attached hydrogen (secondary N) is 1. The normalized spacial score (nSPS) is 27.3. The van der Waals surface area contributed by atoms with E-state index >= 15 is 0 Å². The average Bonchev–Trinajstić information content (AvgIpc) is 3.11. The number of hydrogen-bond donors (Lipinski definition) is 1. The lowest BCUT2D eigenvalue weighted by molar-refractivity contribution is -0.150. The molecular weight excluding hydrogens is 302 g/mol. The number of nitrogens with zero attached hydrogens (tertiary/aromatic N) is 2. The Labute approximate surface area is 134 Å². The summed E-state index contributed by atoms with van der Waals surface area (Å²) in [5.41, 5.74) is 1.13. The SMILES string of the molecule is COC(=O)[C@@]1(NC(=O)[C@@H]2CCCc3nn(C)cc32)CCSC1. The summed E-state index contributed by atoms with van der Waals surface area (Å²) in [6.07, 6.45) is 5.21. The van der Waals surface area contributed by atoms with E-state index in [-0.39, 0.29) is 17.8 Å². The first kappa shape index (κ1) is 15.4. The second-order valence-electron chi connectivity index (χ2n) is 6.02. The van der Waals surface area contributed by atoms with E-state index in [1.165, 1.54) is 7.11 Å². The number of aromatic nitrogens is 2. The second-order valence-corrected chi connectivity index (χ2v) is 7.12. The minimum atomic E-state index is -0.865. The first-order chi connectivity index (χ1) is 10.6.